The van der Waals surface area contributed by atoms with Crippen LogP contribution in [0, 0.1) is 0 Å². The van der Waals surface area contributed by atoms with Gasteiger partial charge in [0.2, 0.25) is 0 Å². The van der Waals surface area contributed by atoms with E-state index in [1.54, 1.807) is 7.11 Å². The maximum absolute atomic E-state index is 11.9. The van der Waals surface area contributed by atoms with Crippen molar-refractivity contribution in [1.82, 2.24) is 10.6 Å². The molecule has 1 aromatic carbocycles. The molecule has 1 fully saturated rings. The zero-order valence-electron chi connectivity index (χ0n) is 13.1. The van der Waals surface area contributed by atoms with E-state index in [9.17, 15) is 4.79 Å². The van der Waals surface area contributed by atoms with Gasteiger partial charge in [0.05, 0.1) is 13.2 Å². The number of amides is 1. The third-order valence-corrected chi connectivity index (χ3v) is 3.44. The summed E-state index contributed by atoms with van der Waals surface area (Å²) in [7, 11) is 1.66. The van der Waals surface area contributed by atoms with Crippen LogP contribution in [0.15, 0.2) is 24.3 Å². The van der Waals surface area contributed by atoms with Gasteiger partial charge in [0, 0.05) is 19.0 Å². The Morgan fingerprint density at radius 3 is 2.76 bits per heavy atom. The zero-order chi connectivity index (χ0) is 15.5. The van der Waals surface area contributed by atoms with Gasteiger partial charge in [-0.2, -0.15) is 0 Å². The molecule has 116 valence electrons. The van der Waals surface area contributed by atoms with E-state index in [4.69, 9.17) is 9.47 Å². The van der Waals surface area contributed by atoms with Gasteiger partial charge < -0.3 is 20.1 Å². The molecule has 2 rings (SSSR count). The van der Waals surface area contributed by atoms with Crippen molar-refractivity contribution in [3.8, 4) is 5.75 Å². The summed E-state index contributed by atoms with van der Waals surface area (Å²) in [5.41, 5.74) is 0.669. The number of rotatable bonds is 3. The molecule has 0 aromatic heterocycles. The molecule has 1 saturated heterocycles. The van der Waals surface area contributed by atoms with E-state index < -0.39 is 5.60 Å². The van der Waals surface area contributed by atoms with E-state index >= 15 is 0 Å². The number of ether oxygens (including phenoxy) is 2. The molecular formula is C16H24N2O3. The normalized spacial score (nSPS) is 21.9. The topological polar surface area (TPSA) is 59.6 Å². The third kappa shape index (κ3) is 4.36. The molecule has 2 N–H and O–H groups in total. The minimum atomic E-state index is -0.485. The lowest BCUT2D eigenvalue weighted by Crippen LogP contribution is -2.42. The summed E-state index contributed by atoms with van der Waals surface area (Å²) in [6, 6.07) is 7.98. The average molecular weight is 292 g/mol. The van der Waals surface area contributed by atoms with E-state index in [0.29, 0.717) is 0 Å². The Bertz CT molecular complexity index is 497. The number of carbonyl (C=O) groups excluding carboxylic acids is 1. The highest BCUT2D eigenvalue weighted by atomic mass is 16.6. The Morgan fingerprint density at radius 2 is 2.10 bits per heavy atom. The fourth-order valence-corrected chi connectivity index (χ4v) is 2.51. The highest BCUT2D eigenvalue weighted by Gasteiger charge is 2.31. The molecule has 1 aliphatic heterocycles. The molecular weight excluding hydrogens is 268 g/mol. The van der Waals surface area contributed by atoms with Gasteiger partial charge in [0.15, 0.2) is 0 Å². The van der Waals surface area contributed by atoms with Gasteiger partial charge in [-0.15, -0.1) is 0 Å². The molecule has 0 bridgehead atoms. The highest BCUT2D eigenvalue weighted by Crippen LogP contribution is 2.26. The summed E-state index contributed by atoms with van der Waals surface area (Å²) in [6.07, 6.45) is -0.371. The van der Waals surface area contributed by atoms with Crippen LogP contribution < -0.4 is 15.4 Å². The fourth-order valence-electron chi connectivity index (χ4n) is 2.51. The average Bonchev–Trinajstić information content (AvgIpc) is 2.84. The van der Waals surface area contributed by atoms with Crippen LogP contribution in [-0.2, 0) is 4.74 Å². The van der Waals surface area contributed by atoms with Crippen molar-refractivity contribution < 1.29 is 14.3 Å². The lowest BCUT2D eigenvalue weighted by molar-refractivity contribution is 0.0504. The maximum Gasteiger partial charge on any atom is 0.407 e. The summed E-state index contributed by atoms with van der Waals surface area (Å²) >= 11 is 0. The Balaban J connectivity index is 2.04. The van der Waals surface area contributed by atoms with Gasteiger partial charge in [-0.05, 0) is 38.5 Å². The predicted octanol–water partition coefficient (Wildman–Crippen LogP) is 2.28. The van der Waals surface area contributed by atoms with Crippen molar-refractivity contribution in [2.45, 2.75) is 38.3 Å². The lowest BCUT2D eigenvalue weighted by Gasteiger charge is -2.24. The van der Waals surface area contributed by atoms with Gasteiger partial charge in [-0.25, -0.2) is 4.79 Å². The highest BCUT2D eigenvalue weighted by molar-refractivity contribution is 5.68. The van der Waals surface area contributed by atoms with Crippen LogP contribution in [0.4, 0.5) is 4.79 Å². The second kappa shape index (κ2) is 6.35. The molecule has 0 spiro atoms. The molecule has 0 unspecified atom stereocenters. The van der Waals surface area contributed by atoms with Crippen molar-refractivity contribution >= 4 is 6.09 Å². The molecule has 1 aromatic rings. The number of hydrogen-bond donors (Lipinski definition) is 2. The quantitative estimate of drug-likeness (QED) is 0.897. The Morgan fingerprint density at radius 1 is 1.33 bits per heavy atom. The first-order valence-corrected chi connectivity index (χ1v) is 7.23. The SMILES string of the molecule is COc1cccc([C@@H]2CNC[C@@H]2NC(=O)OC(C)(C)C)c1. The van der Waals surface area contributed by atoms with Crippen LogP contribution in [0.5, 0.6) is 5.75 Å². The fraction of sp³-hybridized carbons (Fsp3) is 0.562. The minimum absolute atomic E-state index is 0.0203. The molecule has 5 nitrogen and oxygen atoms in total. The number of hydrogen-bond acceptors (Lipinski definition) is 4. The molecule has 5 heteroatoms. The van der Waals surface area contributed by atoms with Gasteiger partial charge in [-0.3, -0.25) is 0 Å². The van der Waals surface area contributed by atoms with Crippen LogP contribution in [0.1, 0.15) is 32.3 Å². The zero-order valence-corrected chi connectivity index (χ0v) is 13.1. The van der Waals surface area contributed by atoms with Crippen LogP contribution in [0.25, 0.3) is 0 Å². The summed E-state index contributed by atoms with van der Waals surface area (Å²) in [6.45, 7) is 7.14. The number of methoxy groups -OCH3 is 1. The van der Waals surface area contributed by atoms with Gasteiger partial charge in [-0.1, -0.05) is 12.1 Å². The summed E-state index contributed by atoms with van der Waals surface area (Å²) < 4.78 is 10.6. The second-order valence-corrected chi connectivity index (χ2v) is 6.29. The molecule has 1 aliphatic rings. The van der Waals surface area contributed by atoms with Crippen molar-refractivity contribution in [1.29, 1.82) is 0 Å². The van der Waals surface area contributed by atoms with E-state index in [2.05, 4.69) is 16.7 Å². The number of nitrogens with one attached hydrogen (secondary N) is 2. The van der Waals surface area contributed by atoms with Crippen molar-refractivity contribution in [3.63, 3.8) is 0 Å². The molecule has 0 radical (unpaired) electrons. The van der Waals surface area contributed by atoms with E-state index in [-0.39, 0.29) is 18.1 Å². The maximum atomic E-state index is 11.9. The van der Waals surface area contributed by atoms with E-state index in [0.717, 1.165) is 24.4 Å². The molecule has 0 aliphatic carbocycles. The van der Waals surface area contributed by atoms with E-state index in [1.165, 1.54) is 0 Å². The molecule has 21 heavy (non-hydrogen) atoms. The molecule has 0 saturated carbocycles. The monoisotopic (exact) mass is 292 g/mol. The van der Waals surface area contributed by atoms with Crippen molar-refractivity contribution in [3.05, 3.63) is 29.8 Å². The van der Waals surface area contributed by atoms with Gasteiger partial charge >= 0.3 is 6.09 Å². The van der Waals surface area contributed by atoms with Crippen LogP contribution >= 0.6 is 0 Å². The second-order valence-electron chi connectivity index (χ2n) is 6.29. The van der Waals surface area contributed by atoms with Gasteiger partial charge in [0.25, 0.3) is 0 Å². The minimum Gasteiger partial charge on any atom is -0.497 e. The molecule has 1 amide bonds. The molecule has 1 heterocycles. The van der Waals surface area contributed by atoms with Crippen molar-refractivity contribution in [2.75, 3.05) is 20.2 Å². The third-order valence-electron chi connectivity index (χ3n) is 3.44. The summed E-state index contributed by atoms with van der Waals surface area (Å²) in [5.74, 6) is 1.04. The standard InChI is InChI=1S/C16H24N2O3/c1-16(2,3)21-15(19)18-14-10-17-9-13(14)11-6-5-7-12(8-11)20-4/h5-8,13-14,17H,9-10H2,1-4H3,(H,18,19)/t13-,14-/m0/s1. The first kappa shape index (κ1) is 15.6. The molecule has 2 atom stereocenters. The van der Waals surface area contributed by atoms with Crippen LogP contribution in [0.2, 0.25) is 0 Å². The predicted molar refractivity (Wildman–Crippen MR) is 81.8 cm³/mol. The number of carbonyl (C=O) groups is 1. The van der Waals surface area contributed by atoms with Crippen molar-refractivity contribution in [2.24, 2.45) is 0 Å². The van der Waals surface area contributed by atoms with Crippen LogP contribution in [-0.4, -0.2) is 37.9 Å². The Labute approximate surface area is 126 Å². The first-order chi connectivity index (χ1) is 9.89. The number of benzene rings is 1. The van der Waals surface area contributed by atoms with Crippen LogP contribution in [0.3, 0.4) is 0 Å². The first-order valence-electron chi connectivity index (χ1n) is 7.23. The largest absolute Gasteiger partial charge is 0.497 e. The Hall–Kier alpha value is -1.75. The van der Waals surface area contributed by atoms with E-state index in [1.807, 2.05) is 39.0 Å². The smallest absolute Gasteiger partial charge is 0.407 e. The lowest BCUT2D eigenvalue weighted by atomic mass is 9.94. The Kier molecular flexibility index (Phi) is 4.73. The van der Waals surface area contributed by atoms with Gasteiger partial charge in [0.1, 0.15) is 11.4 Å². The summed E-state index contributed by atoms with van der Waals surface area (Å²) in [4.78, 5) is 11.9. The summed E-state index contributed by atoms with van der Waals surface area (Å²) in [5, 5.41) is 6.27. The number of alkyl carbamates (subject to hydrolysis) is 1.